The maximum Gasteiger partial charge on any atom is 0.306 e. The van der Waals surface area contributed by atoms with E-state index >= 15 is 0 Å². The van der Waals surface area contributed by atoms with Crippen LogP contribution in [0.1, 0.15) is 53.4 Å². The van der Waals surface area contributed by atoms with E-state index < -0.39 is 59.2 Å². The highest BCUT2D eigenvalue weighted by molar-refractivity contribution is 14.1. The number of aryl methyl sites for hydroxylation is 1. The molecule has 16 heteroatoms. The van der Waals surface area contributed by atoms with Crippen LogP contribution in [0.3, 0.4) is 0 Å². The first kappa shape index (κ1) is 40.7. The van der Waals surface area contributed by atoms with Gasteiger partial charge in [-0.1, -0.05) is 52.9 Å². The molecule has 2 rings (SSSR count). The minimum Gasteiger partial charge on any atom is -0.466 e. The molecule has 0 spiro atoms. The molecule has 0 bridgehead atoms. The lowest BCUT2D eigenvalue weighted by atomic mass is 9.91. The predicted octanol–water partition coefficient (Wildman–Crippen LogP) is 2.09. The van der Waals surface area contributed by atoms with Gasteiger partial charge in [0.2, 0.25) is 11.8 Å². The van der Waals surface area contributed by atoms with Crippen LogP contribution >= 0.6 is 33.9 Å². The number of carbonyl (C=O) groups is 6. The highest BCUT2D eigenvalue weighted by Gasteiger charge is 2.42. The van der Waals surface area contributed by atoms with Crippen molar-refractivity contribution in [3.05, 3.63) is 52.0 Å². The molecule has 1 aromatic heterocycles. The van der Waals surface area contributed by atoms with Gasteiger partial charge in [-0.15, -0.1) is 11.3 Å². The number of Topliss-reactive ketones (excluding diaryl/α,β-unsaturated/α-hetero) is 1. The number of benzene rings is 1. The summed E-state index contributed by atoms with van der Waals surface area (Å²) in [5, 5.41) is 8.58. The fraction of sp³-hybridized carbons (Fsp3) is 0.531. The highest BCUT2D eigenvalue weighted by atomic mass is 127. The molecule has 2 aromatic rings. The first-order valence-corrected chi connectivity index (χ1v) is 17.5. The molecule has 1 aromatic carbocycles. The van der Waals surface area contributed by atoms with Crippen molar-refractivity contribution < 1.29 is 47.7 Å². The predicted molar refractivity (Wildman–Crippen MR) is 185 cm³/mol. The molecule has 0 radical (unpaired) electrons. The Morgan fingerprint density at radius 1 is 0.917 bits per heavy atom. The van der Waals surface area contributed by atoms with Crippen LogP contribution in [0.5, 0.6) is 0 Å². The number of halogens is 1. The summed E-state index contributed by atoms with van der Waals surface area (Å²) < 4.78 is 21.0. The van der Waals surface area contributed by atoms with Gasteiger partial charge < -0.3 is 34.9 Å². The van der Waals surface area contributed by atoms with Gasteiger partial charge in [0.25, 0.3) is 5.91 Å². The Kier molecular flexibility index (Phi) is 17.6. The molecule has 264 valence electrons. The number of ether oxygens (including phenoxy) is 4. The van der Waals surface area contributed by atoms with Crippen LogP contribution in [0.2, 0.25) is 0 Å². The summed E-state index contributed by atoms with van der Waals surface area (Å²) in [5.41, 5.74) is -0.861. The van der Waals surface area contributed by atoms with E-state index in [1.165, 1.54) is 34.3 Å². The lowest BCUT2D eigenvalue weighted by Gasteiger charge is -2.31. The first-order chi connectivity index (χ1) is 22.8. The lowest BCUT2D eigenvalue weighted by molar-refractivity contribution is -0.164. The van der Waals surface area contributed by atoms with Crippen LogP contribution < -0.4 is 16.0 Å². The van der Waals surface area contributed by atoms with Gasteiger partial charge in [0.05, 0.1) is 37.1 Å². The van der Waals surface area contributed by atoms with Crippen molar-refractivity contribution in [1.29, 1.82) is 0 Å². The molecule has 3 amide bonds. The molecule has 0 aliphatic carbocycles. The number of amides is 3. The second kappa shape index (κ2) is 20.8. The average molecular weight is 803 g/mol. The third kappa shape index (κ3) is 13.6. The Balaban J connectivity index is 2.22. The number of nitrogens with zero attached hydrogens (tertiary/aromatic N) is 1. The largest absolute Gasteiger partial charge is 0.466 e. The molecule has 1 heterocycles. The number of rotatable bonds is 21. The topological polar surface area (TPSA) is 188 Å². The molecule has 0 saturated heterocycles. The third-order valence-corrected chi connectivity index (χ3v) is 9.25. The zero-order chi connectivity index (χ0) is 35.7. The Labute approximate surface area is 297 Å². The van der Waals surface area contributed by atoms with E-state index in [2.05, 4.69) is 20.9 Å². The van der Waals surface area contributed by atoms with E-state index in [1.54, 1.807) is 31.2 Å². The zero-order valence-electron chi connectivity index (χ0n) is 27.7. The van der Waals surface area contributed by atoms with Crippen molar-refractivity contribution in [2.75, 3.05) is 38.5 Å². The number of methoxy groups -OCH3 is 2. The second-order valence-electron chi connectivity index (χ2n) is 11.0. The number of hydrogen-bond donors (Lipinski definition) is 3. The van der Waals surface area contributed by atoms with Crippen LogP contribution in [-0.2, 0) is 49.3 Å². The standard InChI is InChI=1S/C32H43IN4O10S/c1-20-34-16-26(48-20)31(43)37-25(18-45-5)30(42)36-24(17-44-4)29(41)35-23(15-22-11-7-6-8-12-22)28(40)32(3,19-33)47-27(39)13-9-10-14-46-21(2)38/h6-8,11-12,16,23-25H,9-10,13-15,17-19H2,1-5H3,(H,35,41)(H,36,42)(H,37,43). The van der Waals surface area contributed by atoms with E-state index in [-0.39, 0.29) is 37.1 Å². The number of nitrogens with one attached hydrogen (secondary N) is 3. The van der Waals surface area contributed by atoms with Crippen molar-refractivity contribution in [1.82, 2.24) is 20.9 Å². The Bertz CT molecular complexity index is 1390. The van der Waals surface area contributed by atoms with E-state index in [9.17, 15) is 28.8 Å². The molecule has 0 saturated carbocycles. The van der Waals surface area contributed by atoms with Gasteiger partial charge in [0.15, 0.2) is 11.4 Å². The van der Waals surface area contributed by atoms with Gasteiger partial charge >= 0.3 is 11.9 Å². The van der Waals surface area contributed by atoms with Gasteiger partial charge in [0, 0.05) is 32.0 Å². The highest BCUT2D eigenvalue weighted by Crippen LogP contribution is 2.21. The molecule has 14 nitrogen and oxygen atoms in total. The van der Waals surface area contributed by atoms with E-state index in [0.717, 1.165) is 16.9 Å². The maximum absolute atomic E-state index is 14.0. The SMILES string of the molecule is COCC(NC(=O)c1cnc(C)s1)C(=O)NC(COC)C(=O)NC(Cc1ccccc1)C(=O)C(C)(CI)OC(=O)CCCCOC(C)=O. The van der Waals surface area contributed by atoms with Crippen molar-refractivity contribution in [3.8, 4) is 0 Å². The number of carbonyl (C=O) groups excluding carboxylic acids is 6. The normalized spacial score (nSPS) is 14.0. The summed E-state index contributed by atoms with van der Waals surface area (Å²) >= 11 is 3.11. The number of alkyl halides is 1. The lowest BCUT2D eigenvalue weighted by Crippen LogP contribution is -2.60. The van der Waals surface area contributed by atoms with Crippen LogP contribution in [0.4, 0.5) is 0 Å². The van der Waals surface area contributed by atoms with Crippen LogP contribution in [0.15, 0.2) is 36.5 Å². The first-order valence-electron chi connectivity index (χ1n) is 15.1. The van der Waals surface area contributed by atoms with Crippen molar-refractivity contribution in [2.24, 2.45) is 0 Å². The third-order valence-electron chi connectivity index (χ3n) is 6.88. The summed E-state index contributed by atoms with van der Waals surface area (Å²) in [4.78, 5) is 81.8. The molecule has 3 N–H and O–H groups in total. The van der Waals surface area contributed by atoms with Gasteiger partial charge in [-0.3, -0.25) is 28.8 Å². The molecular weight excluding hydrogens is 759 g/mol. The molecule has 4 unspecified atom stereocenters. The minimum atomic E-state index is -1.59. The molecular formula is C32H43IN4O10S. The van der Waals surface area contributed by atoms with Gasteiger partial charge in [-0.25, -0.2) is 4.98 Å². The number of hydrogen-bond acceptors (Lipinski definition) is 12. The summed E-state index contributed by atoms with van der Waals surface area (Å²) in [6.45, 7) is 4.26. The minimum absolute atomic E-state index is 0.000211. The second-order valence-corrected chi connectivity index (χ2v) is 13.0. The van der Waals surface area contributed by atoms with Crippen LogP contribution in [0, 0.1) is 6.92 Å². The average Bonchev–Trinajstić information content (AvgIpc) is 3.49. The summed E-state index contributed by atoms with van der Waals surface area (Å²) in [5.74, 6) is -3.55. The number of thiazole rings is 1. The Hall–Kier alpha value is -3.48. The molecule has 48 heavy (non-hydrogen) atoms. The number of unbranched alkanes of at least 4 members (excludes halogenated alkanes) is 1. The summed E-state index contributed by atoms with van der Waals surface area (Å²) in [6.07, 6.45) is 2.30. The molecule has 4 atom stereocenters. The maximum atomic E-state index is 14.0. The van der Waals surface area contributed by atoms with E-state index in [4.69, 9.17) is 18.9 Å². The number of esters is 2. The summed E-state index contributed by atoms with van der Waals surface area (Å²) in [6, 6.07) is 5.40. The van der Waals surface area contributed by atoms with E-state index in [1.807, 2.05) is 28.7 Å². The zero-order valence-corrected chi connectivity index (χ0v) is 30.6. The number of ketones is 1. The van der Waals surface area contributed by atoms with Crippen LogP contribution in [0.25, 0.3) is 0 Å². The number of aromatic nitrogens is 1. The molecule has 0 aliphatic heterocycles. The van der Waals surface area contributed by atoms with E-state index in [0.29, 0.717) is 22.7 Å². The summed E-state index contributed by atoms with van der Waals surface area (Å²) in [7, 11) is 2.71. The molecule has 0 aliphatic rings. The van der Waals surface area contributed by atoms with Gasteiger partial charge in [-0.05, 0) is 38.7 Å². The monoisotopic (exact) mass is 802 g/mol. The van der Waals surface area contributed by atoms with Gasteiger partial charge in [-0.2, -0.15) is 0 Å². The van der Waals surface area contributed by atoms with Crippen LogP contribution in [-0.4, -0.2) is 103 Å². The van der Waals surface area contributed by atoms with Crippen molar-refractivity contribution in [2.45, 2.75) is 70.2 Å². The fourth-order valence-electron chi connectivity index (χ4n) is 4.40. The van der Waals surface area contributed by atoms with Gasteiger partial charge in [0.1, 0.15) is 17.0 Å². The Morgan fingerprint density at radius 3 is 2.06 bits per heavy atom. The fourth-order valence-corrected chi connectivity index (χ4v) is 5.61. The quantitative estimate of drug-likeness (QED) is 0.0726. The Morgan fingerprint density at radius 2 is 1.52 bits per heavy atom. The van der Waals surface area contributed by atoms with Crippen molar-refractivity contribution >= 4 is 69.4 Å². The molecule has 0 fully saturated rings. The van der Waals surface area contributed by atoms with Crippen molar-refractivity contribution in [3.63, 3.8) is 0 Å². The smallest absolute Gasteiger partial charge is 0.306 e.